The fourth-order valence-corrected chi connectivity index (χ4v) is 3.73. The van der Waals surface area contributed by atoms with Crippen molar-refractivity contribution in [1.29, 1.82) is 0 Å². The van der Waals surface area contributed by atoms with Crippen LogP contribution in [0.5, 0.6) is 11.5 Å². The Morgan fingerprint density at radius 1 is 0.974 bits per heavy atom. The molecule has 0 aliphatic rings. The van der Waals surface area contributed by atoms with Gasteiger partial charge in [-0.15, -0.1) is 0 Å². The highest BCUT2D eigenvalue weighted by atomic mass is 35.5. The topological polar surface area (TPSA) is 132 Å². The zero-order valence-corrected chi connectivity index (χ0v) is 21.9. The molecule has 198 valence electrons. The van der Waals surface area contributed by atoms with Crippen LogP contribution in [0, 0.1) is 0 Å². The van der Waals surface area contributed by atoms with E-state index in [1.54, 1.807) is 43.3 Å². The molecule has 11 heteroatoms. The molecule has 0 bridgehead atoms. The molecule has 0 aliphatic heterocycles. The standard InChI is InChI=1S/C27H26Cl2N4O5/c1-17(38-24-12-11-20(28)14-21(24)29)26(35)32-22(13-18-7-3-2-4-8-18)27(36)33-31-15-19-9-5-6-10-23(19)37-16-25(30)34/h2-12,14-15,17,22H,13,16H2,1H3,(H2,30,34)(H,32,35)(H,33,36)/b31-15-/t17-,22+/m0/s1. The summed E-state index contributed by atoms with van der Waals surface area (Å²) in [6.45, 7) is 1.24. The average Bonchev–Trinajstić information content (AvgIpc) is 2.89. The van der Waals surface area contributed by atoms with Crippen molar-refractivity contribution >= 4 is 47.1 Å². The van der Waals surface area contributed by atoms with Crippen molar-refractivity contribution in [2.24, 2.45) is 10.8 Å². The maximum Gasteiger partial charge on any atom is 0.262 e. The van der Waals surface area contributed by atoms with E-state index in [1.165, 1.54) is 12.3 Å². The summed E-state index contributed by atoms with van der Waals surface area (Å²) in [5.41, 5.74) is 8.92. The highest BCUT2D eigenvalue weighted by Gasteiger charge is 2.25. The van der Waals surface area contributed by atoms with Crippen LogP contribution in [0.3, 0.4) is 0 Å². The van der Waals surface area contributed by atoms with E-state index in [9.17, 15) is 14.4 Å². The summed E-state index contributed by atoms with van der Waals surface area (Å²) in [4.78, 5) is 37.0. The Hall–Kier alpha value is -4.08. The predicted molar refractivity (Wildman–Crippen MR) is 145 cm³/mol. The molecule has 0 saturated carbocycles. The molecule has 0 radical (unpaired) electrons. The Morgan fingerprint density at radius 3 is 2.39 bits per heavy atom. The van der Waals surface area contributed by atoms with E-state index in [0.29, 0.717) is 16.3 Å². The number of hydrogen-bond acceptors (Lipinski definition) is 6. The third-order valence-electron chi connectivity index (χ3n) is 5.15. The van der Waals surface area contributed by atoms with Gasteiger partial charge in [-0.05, 0) is 42.8 Å². The second kappa shape index (κ2) is 14.0. The van der Waals surface area contributed by atoms with Crippen molar-refractivity contribution in [3.63, 3.8) is 0 Å². The minimum absolute atomic E-state index is 0.209. The molecular weight excluding hydrogens is 531 g/mol. The SMILES string of the molecule is C[C@H](Oc1ccc(Cl)cc1Cl)C(=O)N[C@H](Cc1ccccc1)C(=O)N/N=C\c1ccccc1OCC(N)=O. The number of para-hydroxylation sites is 1. The molecule has 9 nitrogen and oxygen atoms in total. The van der Waals surface area contributed by atoms with Crippen LogP contribution in [0.25, 0.3) is 0 Å². The lowest BCUT2D eigenvalue weighted by Crippen LogP contribution is -2.50. The van der Waals surface area contributed by atoms with E-state index >= 15 is 0 Å². The first-order chi connectivity index (χ1) is 18.2. The summed E-state index contributed by atoms with van der Waals surface area (Å²) in [5.74, 6) is -1.05. The fraction of sp³-hybridized carbons (Fsp3) is 0.185. The summed E-state index contributed by atoms with van der Waals surface area (Å²) < 4.78 is 11.0. The van der Waals surface area contributed by atoms with Gasteiger partial charge in [0.1, 0.15) is 17.5 Å². The Bertz CT molecular complexity index is 1300. The second-order valence-corrected chi connectivity index (χ2v) is 8.96. The van der Waals surface area contributed by atoms with Crippen LogP contribution in [-0.4, -0.2) is 42.7 Å². The molecule has 0 aromatic heterocycles. The molecule has 2 atom stereocenters. The maximum atomic E-state index is 13.0. The van der Waals surface area contributed by atoms with Gasteiger partial charge >= 0.3 is 0 Å². The third kappa shape index (κ3) is 8.79. The first kappa shape index (κ1) is 28.5. The molecule has 0 aliphatic carbocycles. The van der Waals surface area contributed by atoms with Crippen molar-refractivity contribution in [3.05, 3.63) is 94.0 Å². The first-order valence-corrected chi connectivity index (χ1v) is 12.3. The smallest absolute Gasteiger partial charge is 0.262 e. The normalized spacial score (nSPS) is 12.4. The molecule has 3 rings (SSSR count). The van der Waals surface area contributed by atoms with Gasteiger partial charge in [-0.25, -0.2) is 5.43 Å². The number of amides is 3. The molecule has 0 unspecified atom stereocenters. The summed E-state index contributed by atoms with van der Waals surface area (Å²) >= 11 is 12.1. The largest absolute Gasteiger partial charge is 0.483 e. The molecule has 0 heterocycles. The average molecular weight is 557 g/mol. The van der Waals surface area contributed by atoms with Gasteiger partial charge in [0.2, 0.25) is 0 Å². The quantitative estimate of drug-likeness (QED) is 0.232. The monoisotopic (exact) mass is 556 g/mol. The van der Waals surface area contributed by atoms with Crippen LogP contribution in [0.15, 0.2) is 77.9 Å². The van der Waals surface area contributed by atoms with Crippen molar-refractivity contribution in [1.82, 2.24) is 10.7 Å². The Kier molecular flexibility index (Phi) is 10.5. The van der Waals surface area contributed by atoms with Gasteiger partial charge < -0.3 is 20.5 Å². The molecule has 3 aromatic rings. The van der Waals surface area contributed by atoms with Crippen LogP contribution in [0.2, 0.25) is 10.0 Å². The van der Waals surface area contributed by atoms with Gasteiger partial charge in [-0.1, -0.05) is 65.7 Å². The summed E-state index contributed by atoms with van der Waals surface area (Å²) in [5, 5.41) is 7.40. The van der Waals surface area contributed by atoms with E-state index in [-0.39, 0.29) is 23.8 Å². The Morgan fingerprint density at radius 2 is 1.68 bits per heavy atom. The van der Waals surface area contributed by atoms with Crippen LogP contribution in [-0.2, 0) is 20.8 Å². The van der Waals surface area contributed by atoms with Gasteiger partial charge in [-0.3, -0.25) is 14.4 Å². The van der Waals surface area contributed by atoms with Gasteiger partial charge in [0.15, 0.2) is 12.7 Å². The van der Waals surface area contributed by atoms with Crippen LogP contribution < -0.4 is 25.9 Å². The maximum absolute atomic E-state index is 13.0. The summed E-state index contributed by atoms with van der Waals surface area (Å²) in [6.07, 6.45) is 0.613. The van der Waals surface area contributed by atoms with Crippen molar-refractivity contribution in [2.45, 2.75) is 25.5 Å². The van der Waals surface area contributed by atoms with Crippen molar-refractivity contribution < 1.29 is 23.9 Å². The number of nitrogens with one attached hydrogen (secondary N) is 2. The lowest BCUT2D eigenvalue weighted by atomic mass is 10.1. The molecule has 0 saturated heterocycles. The Labute approximate surface area is 229 Å². The van der Waals surface area contributed by atoms with Crippen LogP contribution >= 0.6 is 23.2 Å². The first-order valence-electron chi connectivity index (χ1n) is 11.5. The van der Waals surface area contributed by atoms with Gasteiger partial charge in [0.05, 0.1) is 11.2 Å². The summed E-state index contributed by atoms with van der Waals surface area (Å²) in [7, 11) is 0. The fourth-order valence-electron chi connectivity index (χ4n) is 3.27. The minimum Gasteiger partial charge on any atom is -0.483 e. The van der Waals surface area contributed by atoms with Gasteiger partial charge in [0.25, 0.3) is 17.7 Å². The number of carbonyl (C=O) groups is 3. The number of carbonyl (C=O) groups excluding carboxylic acids is 3. The highest BCUT2D eigenvalue weighted by Crippen LogP contribution is 2.28. The van der Waals surface area contributed by atoms with Crippen LogP contribution in [0.4, 0.5) is 0 Å². The van der Waals surface area contributed by atoms with Crippen molar-refractivity contribution in [3.8, 4) is 11.5 Å². The lowest BCUT2D eigenvalue weighted by Gasteiger charge is -2.21. The number of nitrogens with zero attached hydrogens (tertiary/aromatic N) is 1. The van der Waals surface area contributed by atoms with Crippen molar-refractivity contribution in [2.75, 3.05) is 6.61 Å². The number of ether oxygens (including phenoxy) is 2. The molecule has 0 fully saturated rings. The minimum atomic E-state index is -0.963. The molecule has 3 aromatic carbocycles. The van der Waals surface area contributed by atoms with E-state index < -0.39 is 29.9 Å². The molecule has 0 spiro atoms. The number of benzene rings is 3. The molecule has 38 heavy (non-hydrogen) atoms. The second-order valence-electron chi connectivity index (χ2n) is 8.11. The number of hydrogen-bond donors (Lipinski definition) is 3. The number of hydrazone groups is 1. The number of halogens is 2. The van der Waals surface area contributed by atoms with Gasteiger partial charge in [0, 0.05) is 17.0 Å². The Balaban J connectivity index is 1.70. The zero-order valence-electron chi connectivity index (χ0n) is 20.4. The van der Waals surface area contributed by atoms with E-state index in [1.807, 2.05) is 30.3 Å². The van der Waals surface area contributed by atoms with E-state index in [0.717, 1.165) is 5.56 Å². The number of rotatable bonds is 12. The third-order valence-corrected chi connectivity index (χ3v) is 5.68. The van der Waals surface area contributed by atoms with E-state index in [2.05, 4.69) is 15.8 Å². The van der Waals surface area contributed by atoms with Gasteiger partial charge in [-0.2, -0.15) is 5.10 Å². The molecule has 3 amide bonds. The molecule has 4 N–H and O–H groups in total. The summed E-state index contributed by atoms with van der Waals surface area (Å²) in [6, 6.07) is 19.7. The number of nitrogens with two attached hydrogens (primary N) is 1. The lowest BCUT2D eigenvalue weighted by molar-refractivity contribution is -0.132. The number of primary amides is 1. The predicted octanol–water partition coefficient (Wildman–Crippen LogP) is 3.50. The molecular formula is C27H26Cl2N4O5. The zero-order chi connectivity index (χ0) is 27.5. The van der Waals surface area contributed by atoms with Crippen LogP contribution in [0.1, 0.15) is 18.1 Å². The van der Waals surface area contributed by atoms with E-state index in [4.69, 9.17) is 38.4 Å². The highest BCUT2D eigenvalue weighted by molar-refractivity contribution is 6.35.